The summed E-state index contributed by atoms with van der Waals surface area (Å²) in [5, 5.41) is 7.79. The van der Waals surface area contributed by atoms with E-state index in [0.717, 1.165) is 93.4 Å². The summed E-state index contributed by atoms with van der Waals surface area (Å²) in [5.41, 5.74) is 12.4. The van der Waals surface area contributed by atoms with Crippen molar-refractivity contribution < 1.29 is 4.42 Å². The van der Waals surface area contributed by atoms with Crippen molar-refractivity contribution in [1.82, 2.24) is 19.1 Å². The third kappa shape index (κ3) is 4.35. The number of hydrogen-bond donors (Lipinski definition) is 0. The number of hydrogen-bond acceptors (Lipinski definition) is 3. The van der Waals surface area contributed by atoms with E-state index >= 15 is 0 Å². The Kier molecular flexibility index (Phi) is 6.27. The SMILES string of the molecule is c1ccc(-c2ccc(-n3c4ccc5c6ccccc6n(-c6nc(-c7ccccc7)c7ccccc7n6)c5c4c4ccc5oc6ccccc6c5c43)cc2)cc1. The second kappa shape index (κ2) is 11.5. The lowest BCUT2D eigenvalue weighted by Crippen LogP contribution is -2.03. The average Bonchev–Trinajstić information content (AvgIpc) is 3.91. The maximum atomic E-state index is 6.51. The van der Waals surface area contributed by atoms with Gasteiger partial charge in [0.15, 0.2) is 0 Å². The molecule has 0 saturated carbocycles. The summed E-state index contributed by atoms with van der Waals surface area (Å²) in [6.07, 6.45) is 0. The number of furan rings is 1. The first-order valence-electron chi connectivity index (χ1n) is 18.6. The van der Waals surface area contributed by atoms with E-state index in [-0.39, 0.29) is 0 Å². The number of aromatic nitrogens is 4. The molecule has 12 aromatic rings. The highest BCUT2D eigenvalue weighted by Crippen LogP contribution is 2.45. The highest BCUT2D eigenvalue weighted by atomic mass is 16.3. The van der Waals surface area contributed by atoms with Crippen LogP contribution in [0.25, 0.3) is 110 Å². The number of rotatable bonds is 4. The summed E-state index contributed by atoms with van der Waals surface area (Å²) in [4.78, 5) is 10.7. The molecule has 0 aliphatic rings. The van der Waals surface area contributed by atoms with Gasteiger partial charge in [-0.05, 0) is 59.7 Å². The standard InChI is InChI=1S/C50H30N4O/c1-3-13-31(14-4-1)32-23-25-34(26-24-32)53-42-29-27-36-35-17-8-11-21-41(35)54(50-51-40-20-10-7-18-37(40)47(52-50)33-15-5-2-6-16-33)48(36)45(42)39-28-30-44-46(49(39)53)38-19-9-12-22-43(38)55-44/h1-30H. The minimum absolute atomic E-state index is 0.638. The third-order valence-electron chi connectivity index (χ3n) is 11.1. The van der Waals surface area contributed by atoms with Gasteiger partial charge in [-0.2, -0.15) is 0 Å². The van der Waals surface area contributed by atoms with Crippen LogP contribution < -0.4 is 0 Å². The van der Waals surface area contributed by atoms with Gasteiger partial charge in [0.1, 0.15) is 11.2 Å². The first-order valence-corrected chi connectivity index (χ1v) is 18.6. The lowest BCUT2D eigenvalue weighted by molar-refractivity contribution is 0.669. The van der Waals surface area contributed by atoms with Gasteiger partial charge in [-0.15, -0.1) is 0 Å². The van der Waals surface area contributed by atoms with E-state index in [9.17, 15) is 0 Å². The molecule has 0 radical (unpaired) electrons. The average molecular weight is 703 g/mol. The van der Waals surface area contributed by atoms with Crippen molar-refractivity contribution in [2.45, 2.75) is 0 Å². The molecule has 55 heavy (non-hydrogen) atoms. The Labute approximate surface area is 315 Å². The van der Waals surface area contributed by atoms with Gasteiger partial charge in [-0.3, -0.25) is 4.57 Å². The van der Waals surface area contributed by atoms with E-state index in [1.54, 1.807) is 0 Å². The lowest BCUT2D eigenvalue weighted by atomic mass is 10.1. The Balaban J connectivity index is 1.25. The number of benzene rings is 8. The second-order valence-corrected chi connectivity index (χ2v) is 14.1. The van der Waals surface area contributed by atoms with Crippen LogP contribution in [0.4, 0.5) is 0 Å². The fourth-order valence-corrected chi connectivity index (χ4v) is 8.74. The first-order chi connectivity index (χ1) is 27.3. The van der Waals surface area contributed by atoms with E-state index in [1.807, 2.05) is 12.1 Å². The van der Waals surface area contributed by atoms with E-state index in [0.29, 0.717) is 5.95 Å². The molecule has 0 atom stereocenters. The molecule has 0 aliphatic heterocycles. The monoisotopic (exact) mass is 702 g/mol. The van der Waals surface area contributed by atoms with Crippen molar-refractivity contribution >= 4 is 76.5 Å². The Morgan fingerprint density at radius 2 is 1.00 bits per heavy atom. The van der Waals surface area contributed by atoms with Gasteiger partial charge < -0.3 is 8.98 Å². The largest absolute Gasteiger partial charge is 0.456 e. The Bertz CT molecular complexity index is 3470. The van der Waals surface area contributed by atoms with Crippen LogP contribution in [0.5, 0.6) is 0 Å². The molecule has 0 unspecified atom stereocenters. The predicted octanol–water partition coefficient (Wildman–Crippen LogP) is 13.1. The molecule has 0 saturated heterocycles. The minimum Gasteiger partial charge on any atom is -0.456 e. The van der Waals surface area contributed by atoms with E-state index in [4.69, 9.17) is 14.4 Å². The Morgan fingerprint density at radius 1 is 0.364 bits per heavy atom. The van der Waals surface area contributed by atoms with Crippen molar-refractivity contribution in [2.75, 3.05) is 0 Å². The summed E-state index contributed by atoms with van der Waals surface area (Å²) >= 11 is 0. The molecule has 5 heteroatoms. The van der Waals surface area contributed by atoms with E-state index in [1.165, 1.54) is 11.1 Å². The topological polar surface area (TPSA) is 48.8 Å². The lowest BCUT2D eigenvalue weighted by Gasteiger charge is -2.12. The summed E-state index contributed by atoms with van der Waals surface area (Å²) in [6.45, 7) is 0. The molecule has 8 aromatic carbocycles. The minimum atomic E-state index is 0.638. The van der Waals surface area contributed by atoms with Gasteiger partial charge in [0.05, 0.1) is 38.7 Å². The molecule has 256 valence electrons. The normalized spacial score (nSPS) is 12.0. The summed E-state index contributed by atoms with van der Waals surface area (Å²) < 4.78 is 11.2. The van der Waals surface area contributed by atoms with Gasteiger partial charge in [-0.25, -0.2) is 9.97 Å². The molecular formula is C50H30N4O. The van der Waals surface area contributed by atoms with E-state index < -0.39 is 0 Å². The van der Waals surface area contributed by atoms with Crippen LogP contribution in [0.1, 0.15) is 0 Å². The zero-order valence-electron chi connectivity index (χ0n) is 29.5. The molecule has 0 aliphatic carbocycles. The van der Waals surface area contributed by atoms with Gasteiger partial charge in [0, 0.05) is 43.6 Å². The van der Waals surface area contributed by atoms with Crippen LogP contribution in [0, 0.1) is 0 Å². The molecule has 12 rings (SSSR count). The summed E-state index contributed by atoms with van der Waals surface area (Å²) in [6, 6.07) is 64.1. The molecule has 0 spiro atoms. The van der Waals surface area contributed by atoms with Gasteiger partial charge in [0.2, 0.25) is 5.95 Å². The van der Waals surface area contributed by atoms with Crippen LogP contribution in [-0.2, 0) is 0 Å². The molecule has 0 amide bonds. The van der Waals surface area contributed by atoms with Gasteiger partial charge in [-0.1, -0.05) is 133 Å². The molecule has 4 aromatic heterocycles. The second-order valence-electron chi connectivity index (χ2n) is 14.1. The Morgan fingerprint density at radius 3 is 1.82 bits per heavy atom. The smallest absolute Gasteiger partial charge is 0.235 e. The maximum Gasteiger partial charge on any atom is 0.235 e. The summed E-state index contributed by atoms with van der Waals surface area (Å²) in [7, 11) is 0. The molecule has 0 fully saturated rings. The summed E-state index contributed by atoms with van der Waals surface area (Å²) in [5.74, 6) is 0.638. The zero-order valence-corrected chi connectivity index (χ0v) is 29.5. The van der Waals surface area contributed by atoms with Crippen LogP contribution in [0.2, 0.25) is 0 Å². The highest BCUT2D eigenvalue weighted by molar-refractivity contribution is 6.31. The Hall–Kier alpha value is -7.50. The van der Waals surface area contributed by atoms with Crippen LogP contribution in [0.15, 0.2) is 186 Å². The van der Waals surface area contributed by atoms with Crippen LogP contribution >= 0.6 is 0 Å². The van der Waals surface area contributed by atoms with Gasteiger partial charge >= 0.3 is 0 Å². The van der Waals surface area contributed by atoms with Gasteiger partial charge in [0.25, 0.3) is 0 Å². The number of fused-ring (bicyclic) bond motifs is 12. The highest BCUT2D eigenvalue weighted by Gasteiger charge is 2.25. The van der Waals surface area contributed by atoms with Crippen molar-refractivity contribution in [3.05, 3.63) is 182 Å². The molecule has 0 N–H and O–H groups in total. The maximum absolute atomic E-state index is 6.51. The van der Waals surface area contributed by atoms with Crippen molar-refractivity contribution in [3.63, 3.8) is 0 Å². The number of para-hydroxylation sites is 3. The fourth-order valence-electron chi connectivity index (χ4n) is 8.74. The van der Waals surface area contributed by atoms with E-state index in [2.05, 4.69) is 179 Å². The van der Waals surface area contributed by atoms with Crippen molar-refractivity contribution in [3.8, 4) is 34.0 Å². The molecular weight excluding hydrogens is 673 g/mol. The van der Waals surface area contributed by atoms with Crippen molar-refractivity contribution in [2.24, 2.45) is 0 Å². The zero-order chi connectivity index (χ0) is 36.0. The molecule has 4 heterocycles. The van der Waals surface area contributed by atoms with Crippen molar-refractivity contribution in [1.29, 1.82) is 0 Å². The molecule has 5 nitrogen and oxygen atoms in total. The van der Waals surface area contributed by atoms with Crippen LogP contribution in [-0.4, -0.2) is 19.1 Å². The first kappa shape index (κ1) is 30.0. The molecule has 0 bridgehead atoms. The fraction of sp³-hybridized carbons (Fsp3) is 0. The third-order valence-corrected chi connectivity index (χ3v) is 11.1. The predicted molar refractivity (Wildman–Crippen MR) is 226 cm³/mol. The number of nitrogens with zero attached hydrogens (tertiary/aromatic N) is 4. The quantitative estimate of drug-likeness (QED) is 0.183. The van der Waals surface area contributed by atoms with Crippen LogP contribution in [0.3, 0.4) is 0 Å².